The van der Waals surface area contributed by atoms with E-state index < -0.39 is 16.0 Å². The van der Waals surface area contributed by atoms with Gasteiger partial charge in [-0.2, -0.15) is 0 Å². The third-order valence-electron chi connectivity index (χ3n) is 2.77. The van der Waals surface area contributed by atoms with Crippen LogP contribution in [0.2, 0.25) is 0 Å². The molecule has 0 fully saturated rings. The second-order valence-electron chi connectivity index (χ2n) is 3.96. The van der Waals surface area contributed by atoms with Gasteiger partial charge in [-0.05, 0) is 18.1 Å². The van der Waals surface area contributed by atoms with Crippen LogP contribution in [0.25, 0.3) is 0 Å². The van der Waals surface area contributed by atoms with Crippen molar-refractivity contribution in [1.29, 1.82) is 0 Å². The second kappa shape index (κ2) is 6.31. The fourth-order valence-electron chi connectivity index (χ4n) is 1.46. The van der Waals surface area contributed by atoms with Crippen LogP contribution in [0.1, 0.15) is 36.4 Å². The third kappa shape index (κ3) is 3.79. The molecule has 7 heteroatoms. The fourth-order valence-corrected chi connectivity index (χ4v) is 3.76. The largest absolute Gasteiger partial charge is 0.477 e. The van der Waals surface area contributed by atoms with Gasteiger partial charge in [0.2, 0.25) is 10.0 Å². The molecule has 0 saturated carbocycles. The molecule has 5 nitrogen and oxygen atoms in total. The molecule has 102 valence electrons. The Bertz CT molecular complexity index is 503. The van der Waals surface area contributed by atoms with Crippen molar-refractivity contribution in [3.8, 4) is 0 Å². The lowest BCUT2D eigenvalue weighted by Gasteiger charge is -2.12. The van der Waals surface area contributed by atoms with Crippen LogP contribution in [0.15, 0.2) is 16.3 Å². The molecule has 0 amide bonds. The Hall–Kier alpha value is -0.920. The number of carboxylic acids is 1. The van der Waals surface area contributed by atoms with Crippen LogP contribution in [0.4, 0.5) is 0 Å². The Kier molecular flexibility index (Phi) is 5.30. The van der Waals surface area contributed by atoms with Gasteiger partial charge in [-0.15, -0.1) is 11.3 Å². The minimum absolute atomic E-state index is 0.0258. The highest BCUT2D eigenvalue weighted by molar-refractivity contribution is 7.91. The van der Waals surface area contributed by atoms with Crippen molar-refractivity contribution in [3.05, 3.63) is 17.0 Å². The van der Waals surface area contributed by atoms with Crippen LogP contribution in [0, 0.1) is 5.92 Å². The van der Waals surface area contributed by atoms with Crippen LogP contribution < -0.4 is 4.72 Å². The van der Waals surface area contributed by atoms with Crippen LogP contribution in [-0.2, 0) is 10.0 Å². The highest BCUT2D eigenvalue weighted by Crippen LogP contribution is 2.21. The molecule has 0 atom stereocenters. The number of hydrogen-bond acceptors (Lipinski definition) is 4. The minimum atomic E-state index is -3.58. The molecule has 0 aromatic carbocycles. The molecule has 0 saturated heterocycles. The van der Waals surface area contributed by atoms with Gasteiger partial charge >= 0.3 is 5.97 Å². The number of carboxylic acid groups (broad SMARTS) is 1. The molecule has 0 bridgehead atoms. The molecule has 1 rings (SSSR count). The lowest BCUT2D eigenvalue weighted by Crippen LogP contribution is -2.28. The number of aromatic carboxylic acids is 1. The maximum atomic E-state index is 11.9. The second-order valence-corrected chi connectivity index (χ2v) is 7.04. The first-order chi connectivity index (χ1) is 8.40. The summed E-state index contributed by atoms with van der Waals surface area (Å²) in [7, 11) is -3.58. The first-order valence-electron chi connectivity index (χ1n) is 5.73. The number of carbonyl (C=O) groups is 1. The fraction of sp³-hybridized carbons (Fsp3) is 0.545. The van der Waals surface area contributed by atoms with Crippen molar-refractivity contribution in [3.63, 3.8) is 0 Å². The molecule has 0 radical (unpaired) electrons. The summed E-state index contributed by atoms with van der Waals surface area (Å²) in [5.41, 5.74) is 0. The van der Waals surface area contributed by atoms with Gasteiger partial charge in [-0.3, -0.25) is 0 Å². The van der Waals surface area contributed by atoms with E-state index in [0.717, 1.165) is 24.2 Å². The molecule has 0 spiro atoms. The monoisotopic (exact) mass is 291 g/mol. The maximum absolute atomic E-state index is 11.9. The van der Waals surface area contributed by atoms with Crippen molar-refractivity contribution in [2.24, 2.45) is 5.92 Å². The molecule has 0 aliphatic carbocycles. The number of sulfonamides is 1. The first-order valence-corrected chi connectivity index (χ1v) is 8.03. The van der Waals surface area contributed by atoms with Crippen molar-refractivity contribution in [2.45, 2.75) is 30.9 Å². The summed E-state index contributed by atoms with van der Waals surface area (Å²) in [4.78, 5) is 10.7. The quantitative estimate of drug-likeness (QED) is 0.806. The zero-order valence-electron chi connectivity index (χ0n) is 10.3. The molecule has 1 aromatic rings. The van der Waals surface area contributed by atoms with E-state index in [1.165, 1.54) is 12.1 Å². The highest BCUT2D eigenvalue weighted by atomic mass is 32.2. The Morgan fingerprint density at radius 3 is 2.44 bits per heavy atom. The lowest BCUT2D eigenvalue weighted by atomic mass is 10.0. The molecule has 1 aromatic heterocycles. The minimum Gasteiger partial charge on any atom is -0.477 e. The number of hydrogen-bond donors (Lipinski definition) is 2. The van der Waals surface area contributed by atoms with Gasteiger partial charge < -0.3 is 5.11 Å². The van der Waals surface area contributed by atoms with E-state index in [9.17, 15) is 13.2 Å². The average Bonchev–Trinajstić information content (AvgIpc) is 2.80. The van der Waals surface area contributed by atoms with E-state index in [0.29, 0.717) is 12.5 Å². The predicted octanol–water partition coefficient (Wildman–Crippen LogP) is 2.16. The summed E-state index contributed by atoms with van der Waals surface area (Å²) in [6, 6.07) is 2.63. The molecule has 1 heterocycles. The standard InChI is InChI=1S/C11H17NO4S2/c1-3-8(4-2)7-12-18(15,16)10-6-5-9(17-10)11(13)14/h5-6,8,12H,3-4,7H2,1-2H3,(H,13,14). The maximum Gasteiger partial charge on any atom is 0.345 e. The van der Waals surface area contributed by atoms with Crippen LogP contribution in [0.3, 0.4) is 0 Å². The molecule has 0 aliphatic rings. The average molecular weight is 291 g/mol. The summed E-state index contributed by atoms with van der Waals surface area (Å²) < 4.78 is 26.4. The third-order valence-corrected chi connectivity index (χ3v) is 5.76. The normalized spacial score (nSPS) is 11.9. The van der Waals surface area contributed by atoms with E-state index >= 15 is 0 Å². The lowest BCUT2D eigenvalue weighted by molar-refractivity contribution is 0.0702. The first kappa shape index (κ1) is 15.1. The van der Waals surface area contributed by atoms with Gasteiger partial charge in [0.05, 0.1) is 0 Å². The molecule has 0 unspecified atom stereocenters. The van der Waals surface area contributed by atoms with Gasteiger partial charge in [0.1, 0.15) is 9.09 Å². The summed E-state index contributed by atoms with van der Waals surface area (Å²) in [5, 5.41) is 8.75. The van der Waals surface area contributed by atoms with Crippen molar-refractivity contribution < 1.29 is 18.3 Å². The smallest absolute Gasteiger partial charge is 0.345 e. The molecular weight excluding hydrogens is 274 g/mol. The summed E-state index contributed by atoms with van der Waals surface area (Å²) in [6.07, 6.45) is 1.81. The van der Waals surface area contributed by atoms with Gasteiger partial charge in [0.15, 0.2) is 0 Å². The number of rotatable bonds is 7. The highest BCUT2D eigenvalue weighted by Gasteiger charge is 2.19. The van der Waals surface area contributed by atoms with Gasteiger partial charge in [-0.25, -0.2) is 17.9 Å². The number of thiophene rings is 1. The molecule has 2 N–H and O–H groups in total. The van der Waals surface area contributed by atoms with Gasteiger partial charge in [0, 0.05) is 6.54 Å². The summed E-state index contributed by atoms with van der Waals surface area (Å²) in [5.74, 6) is -0.805. The van der Waals surface area contributed by atoms with Crippen molar-refractivity contribution >= 4 is 27.3 Å². The predicted molar refractivity (Wildman–Crippen MR) is 70.5 cm³/mol. The summed E-state index contributed by atoms with van der Waals surface area (Å²) in [6.45, 7) is 4.40. The molecular formula is C11H17NO4S2. The van der Waals surface area contributed by atoms with E-state index in [4.69, 9.17) is 5.11 Å². The van der Waals surface area contributed by atoms with Gasteiger partial charge in [0.25, 0.3) is 0 Å². The summed E-state index contributed by atoms with van der Waals surface area (Å²) >= 11 is 0.765. The Morgan fingerprint density at radius 2 is 2.00 bits per heavy atom. The zero-order chi connectivity index (χ0) is 13.8. The molecule has 18 heavy (non-hydrogen) atoms. The zero-order valence-corrected chi connectivity index (χ0v) is 12.0. The Balaban J connectivity index is 2.76. The Labute approximate surface area is 111 Å². The van der Waals surface area contributed by atoms with E-state index in [2.05, 4.69) is 4.72 Å². The number of nitrogens with one attached hydrogen (secondary N) is 1. The molecule has 0 aliphatic heterocycles. The van der Waals surface area contributed by atoms with E-state index in [-0.39, 0.29) is 9.09 Å². The SMILES string of the molecule is CCC(CC)CNS(=O)(=O)c1ccc(C(=O)O)s1. The topological polar surface area (TPSA) is 83.5 Å². The van der Waals surface area contributed by atoms with E-state index in [1.807, 2.05) is 13.8 Å². The van der Waals surface area contributed by atoms with E-state index in [1.54, 1.807) is 0 Å². The van der Waals surface area contributed by atoms with Crippen molar-refractivity contribution in [2.75, 3.05) is 6.54 Å². The van der Waals surface area contributed by atoms with Crippen LogP contribution in [-0.4, -0.2) is 26.0 Å². The van der Waals surface area contributed by atoms with Crippen LogP contribution in [0.5, 0.6) is 0 Å². The Morgan fingerprint density at radius 1 is 1.39 bits per heavy atom. The van der Waals surface area contributed by atoms with Gasteiger partial charge in [-0.1, -0.05) is 26.7 Å². The van der Waals surface area contributed by atoms with Crippen LogP contribution >= 0.6 is 11.3 Å². The van der Waals surface area contributed by atoms with Crippen molar-refractivity contribution in [1.82, 2.24) is 4.72 Å².